The number of ether oxygens (including phenoxy) is 2. The molecule has 0 fully saturated rings. The molecule has 94 valence electrons. The standard InChI is InChI=1S/C13H19NO3/c1-3-4-9-17-11-8-6-5-7-10(11)12(15)13(14)16-2/h5-8,12,14-15H,3-4,9H2,1-2H3. The molecule has 0 spiro atoms. The van der Waals surface area contributed by atoms with E-state index < -0.39 is 6.10 Å². The van der Waals surface area contributed by atoms with Crippen LogP contribution in [0.4, 0.5) is 0 Å². The van der Waals surface area contributed by atoms with E-state index in [4.69, 9.17) is 14.9 Å². The molecule has 0 amide bonds. The third kappa shape index (κ3) is 3.75. The van der Waals surface area contributed by atoms with Gasteiger partial charge in [0.1, 0.15) is 5.75 Å². The first-order chi connectivity index (χ1) is 8.20. The van der Waals surface area contributed by atoms with Crippen molar-refractivity contribution in [3.05, 3.63) is 29.8 Å². The Bertz CT molecular complexity index is 365. The zero-order chi connectivity index (χ0) is 12.7. The third-order valence-electron chi connectivity index (χ3n) is 2.44. The van der Waals surface area contributed by atoms with Gasteiger partial charge in [-0.1, -0.05) is 31.5 Å². The summed E-state index contributed by atoms with van der Waals surface area (Å²) in [5, 5.41) is 17.4. The minimum atomic E-state index is -1.07. The lowest BCUT2D eigenvalue weighted by molar-refractivity contribution is 0.197. The van der Waals surface area contributed by atoms with Crippen molar-refractivity contribution in [3.63, 3.8) is 0 Å². The zero-order valence-corrected chi connectivity index (χ0v) is 10.3. The zero-order valence-electron chi connectivity index (χ0n) is 10.3. The normalized spacial score (nSPS) is 11.9. The van der Waals surface area contributed by atoms with Gasteiger partial charge in [-0.25, -0.2) is 0 Å². The van der Waals surface area contributed by atoms with Crippen LogP contribution in [0.1, 0.15) is 31.4 Å². The number of rotatable bonds is 6. The minimum Gasteiger partial charge on any atom is -0.493 e. The van der Waals surface area contributed by atoms with E-state index in [1.165, 1.54) is 7.11 Å². The van der Waals surface area contributed by atoms with Crippen molar-refractivity contribution in [2.24, 2.45) is 0 Å². The topological polar surface area (TPSA) is 62.5 Å². The van der Waals surface area contributed by atoms with Crippen LogP contribution in [-0.4, -0.2) is 24.7 Å². The molecule has 0 aromatic heterocycles. The Morgan fingerprint density at radius 1 is 1.41 bits per heavy atom. The number of hydrogen-bond donors (Lipinski definition) is 2. The Kier molecular flexibility index (Phi) is 5.49. The highest BCUT2D eigenvalue weighted by molar-refractivity contribution is 5.79. The second-order valence-electron chi connectivity index (χ2n) is 3.71. The molecule has 1 atom stereocenters. The Hall–Kier alpha value is -1.55. The van der Waals surface area contributed by atoms with E-state index in [2.05, 4.69) is 6.92 Å². The van der Waals surface area contributed by atoms with Gasteiger partial charge in [-0.2, -0.15) is 0 Å². The van der Waals surface area contributed by atoms with E-state index in [9.17, 15) is 5.11 Å². The van der Waals surface area contributed by atoms with E-state index in [0.717, 1.165) is 12.8 Å². The number of unbranched alkanes of at least 4 members (excludes halogenated alkanes) is 1. The molecule has 1 aromatic rings. The Morgan fingerprint density at radius 2 is 2.12 bits per heavy atom. The molecule has 17 heavy (non-hydrogen) atoms. The van der Waals surface area contributed by atoms with Gasteiger partial charge in [0, 0.05) is 5.56 Å². The van der Waals surface area contributed by atoms with Crippen LogP contribution in [0, 0.1) is 5.41 Å². The summed E-state index contributed by atoms with van der Waals surface area (Å²) in [5.74, 6) is 0.423. The molecule has 0 aliphatic carbocycles. The molecule has 1 rings (SSSR count). The van der Waals surface area contributed by atoms with Crippen LogP contribution in [0.3, 0.4) is 0 Å². The second-order valence-corrected chi connectivity index (χ2v) is 3.71. The molecule has 4 nitrogen and oxygen atoms in total. The van der Waals surface area contributed by atoms with Crippen molar-refractivity contribution in [1.82, 2.24) is 0 Å². The van der Waals surface area contributed by atoms with Gasteiger partial charge < -0.3 is 14.6 Å². The van der Waals surface area contributed by atoms with Crippen molar-refractivity contribution in [1.29, 1.82) is 5.41 Å². The number of para-hydroxylation sites is 1. The lowest BCUT2D eigenvalue weighted by atomic mass is 10.1. The van der Waals surface area contributed by atoms with Crippen LogP contribution in [0.15, 0.2) is 24.3 Å². The predicted molar refractivity (Wildman–Crippen MR) is 66.5 cm³/mol. The third-order valence-corrected chi connectivity index (χ3v) is 2.44. The van der Waals surface area contributed by atoms with Crippen LogP contribution in [-0.2, 0) is 4.74 Å². The number of hydrogen-bond acceptors (Lipinski definition) is 4. The van der Waals surface area contributed by atoms with Crippen molar-refractivity contribution >= 4 is 5.90 Å². The summed E-state index contributed by atoms with van der Waals surface area (Å²) in [6.45, 7) is 2.70. The molecule has 0 saturated carbocycles. The van der Waals surface area contributed by atoms with Gasteiger partial charge >= 0.3 is 0 Å². The molecule has 0 heterocycles. The number of nitrogens with one attached hydrogen (secondary N) is 1. The Labute approximate surface area is 102 Å². The molecule has 2 N–H and O–H groups in total. The van der Waals surface area contributed by atoms with Gasteiger partial charge in [-0.05, 0) is 12.5 Å². The maximum absolute atomic E-state index is 9.90. The van der Waals surface area contributed by atoms with E-state index in [1.54, 1.807) is 18.2 Å². The van der Waals surface area contributed by atoms with Gasteiger partial charge in [-0.15, -0.1) is 0 Å². The Balaban J connectivity index is 2.79. The van der Waals surface area contributed by atoms with E-state index in [-0.39, 0.29) is 5.90 Å². The molecule has 1 unspecified atom stereocenters. The van der Waals surface area contributed by atoms with E-state index in [0.29, 0.717) is 17.9 Å². The first-order valence-corrected chi connectivity index (χ1v) is 5.73. The van der Waals surface area contributed by atoms with Crippen molar-refractivity contribution in [2.75, 3.05) is 13.7 Å². The summed E-state index contributed by atoms with van der Waals surface area (Å²) in [4.78, 5) is 0. The molecule has 0 aliphatic heterocycles. The summed E-state index contributed by atoms with van der Waals surface area (Å²) in [5.41, 5.74) is 0.565. The van der Waals surface area contributed by atoms with Gasteiger partial charge in [0.15, 0.2) is 6.10 Å². The van der Waals surface area contributed by atoms with Crippen LogP contribution >= 0.6 is 0 Å². The van der Waals surface area contributed by atoms with Gasteiger partial charge in [0.2, 0.25) is 5.90 Å². The maximum Gasteiger partial charge on any atom is 0.214 e. The lowest BCUT2D eigenvalue weighted by Crippen LogP contribution is -2.14. The largest absolute Gasteiger partial charge is 0.493 e. The average molecular weight is 237 g/mol. The summed E-state index contributed by atoms with van der Waals surface area (Å²) in [6, 6.07) is 7.17. The van der Waals surface area contributed by atoms with Crippen LogP contribution in [0.2, 0.25) is 0 Å². The fourth-order valence-corrected chi connectivity index (χ4v) is 1.42. The number of methoxy groups -OCH3 is 1. The van der Waals surface area contributed by atoms with E-state index in [1.807, 2.05) is 6.07 Å². The highest BCUT2D eigenvalue weighted by Gasteiger charge is 2.18. The fourth-order valence-electron chi connectivity index (χ4n) is 1.42. The summed E-state index contributed by atoms with van der Waals surface area (Å²) >= 11 is 0. The summed E-state index contributed by atoms with van der Waals surface area (Å²) in [6.07, 6.45) is 0.947. The first-order valence-electron chi connectivity index (χ1n) is 5.73. The number of aliphatic hydroxyl groups is 1. The summed E-state index contributed by atoms with van der Waals surface area (Å²) in [7, 11) is 1.37. The SMILES string of the molecule is CCCCOc1ccccc1C(O)C(=N)OC. The molecule has 4 heteroatoms. The van der Waals surface area contributed by atoms with Crippen LogP contribution in [0.5, 0.6) is 5.75 Å². The fraction of sp³-hybridized carbons (Fsp3) is 0.462. The lowest BCUT2D eigenvalue weighted by Gasteiger charge is -2.15. The molecule has 0 aliphatic rings. The molecule has 0 bridgehead atoms. The highest BCUT2D eigenvalue weighted by atomic mass is 16.5. The van der Waals surface area contributed by atoms with Crippen molar-refractivity contribution in [2.45, 2.75) is 25.9 Å². The van der Waals surface area contributed by atoms with Gasteiger partial charge in [0.05, 0.1) is 13.7 Å². The van der Waals surface area contributed by atoms with Crippen LogP contribution < -0.4 is 4.74 Å². The quantitative estimate of drug-likeness (QED) is 0.454. The molecular weight excluding hydrogens is 218 g/mol. The summed E-state index contributed by atoms with van der Waals surface area (Å²) < 4.78 is 10.3. The van der Waals surface area contributed by atoms with Crippen molar-refractivity contribution in [3.8, 4) is 5.75 Å². The maximum atomic E-state index is 9.90. The predicted octanol–water partition coefficient (Wildman–Crippen LogP) is 2.52. The van der Waals surface area contributed by atoms with Crippen LogP contribution in [0.25, 0.3) is 0 Å². The molecule has 0 saturated heterocycles. The molecular formula is C13H19NO3. The average Bonchev–Trinajstić information content (AvgIpc) is 2.38. The van der Waals surface area contributed by atoms with Gasteiger partial charge in [-0.3, -0.25) is 5.41 Å². The first kappa shape index (κ1) is 13.5. The number of aliphatic hydroxyl groups excluding tert-OH is 1. The van der Waals surface area contributed by atoms with E-state index >= 15 is 0 Å². The monoisotopic (exact) mass is 237 g/mol. The van der Waals surface area contributed by atoms with Gasteiger partial charge in [0.25, 0.3) is 0 Å². The Morgan fingerprint density at radius 3 is 2.76 bits per heavy atom. The highest BCUT2D eigenvalue weighted by Crippen LogP contribution is 2.26. The van der Waals surface area contributed by atoms with Crippen molar-refractivity contribution < 1.29 is 14.6 Å². The molecule has 0 radical (unpaired) electrons. The smallest absolute Gasteiger partial charge is 0.214 e. The second kappa shape index (κ2) is 6.91. The minimum absolute atomic E-state index is 0.184. The number of benzene rings is 1. The molecule has 1 aromatic carbocycles.